The molecule has 0 aliphatic carbocycles. The van der Waals surface area contributed by atoms with E-state index in [1.54, 1.807) is 24.3 Å². The van der Waals surface area contributed by atoms with Crippen LogP contribution in [0.2, 0.25) is 0 Å². The van der Waals surface area contributed by atoms with Crippen LogP contribution in [-0.4, -0.2) is 4.98 Å². The Morgan fingerprint density at radius 3 is 2.44 bits per heavy atom. The number of nitrogens with zero attached hydrogens (tertiary/aromatic N) is 1. The lowest BCUT2D eigenvalue weighted by atomic mass is 10.2. The van der Waals surface area contributed by atoms with Gasteiger partial charge in [0.1, 0.15) is 5.52 Å². The van der Waals surface area contributed by atoms with Gasteiger partial charge >= 0.3 is 0 Å². The molecule has 1 aromatic carbocycles. The standard InChI is InChI=1S/C11H12FNS.C2H6/c1-6(2)11-13-10-8(14-11)5-4-7(3)9(10)12;1-2/h4-6H,1-3H3;1-2H3. The molecular formula is C13H18FNS. The number of benzene rings is 1. The van der Waals surface area contributed by atoms with Crippen LogP contribution in [0.15, 0.2) is 12.1 Å². The molecule has 1 heterocycles. The second kappa shape index (κ2) is 5.39. The Kier molecular flexibility index (Phi) is 4.42. The van der Waals surface area contributed by atoms with Gasteiger partial charge in [0.05, 0.1) is 9.71 Å². The Morgan fingerprint density at radius 2 is 1.88 bits per heavy atom. The minimum atomic E-state index is -0.175. The van der Waals surface area contributed by atoms with E-state index in [1.807, 2.05) is 19.9 Å². The highest BCUT2D eigenvalue weighted by atomic mass is 32.1. The summed E-state index contributed by atoms with van der Waals surface area (Å²) in [6.45, 7) is 9.91. The largest absolute Gasteiger partial charge is 0.238 e. The quantitative estimate of drug-likeness (QED) is 0.690. The number of hydrogen-bond acceptors (Lipinski definition) is 2. The molecule has 2 aromatic rings. The molecule has 0 unspecified atom stereocenters. The van der Waals surface area contributed by atoms with Crippen LogP contribution in [0.5, 0.6) is 0 Å². The molecule has 0 saturated carbocycles. The van der Waals surface area contributed by atoms with E-state index in [2.05, 4.69) is 18.8 Å². The van der Waals surface area contributed by atoms with E-state index < -0.39 is 0 Å². The summed E-state index contributed by atoms with van der Waals surface area (Å²) >= 11 is 1.58. The van der Waals surface area contributed by atoms with Crippen molar-refractivity contribution in [1.82, 2.24) is 4.98 Å². The molecule has 0 aliphatic rings. The zero-order valence-electron chi connectivity index (χ0n) is 10.5. The minimum absolute atomic E-state index is 0.175. The van der Waals surface area contributed by atoms with Gasteiger partial charge in [0, 0.05) is 5.92 Å². The minimum Gasteiger partial charge on any atom is -0.238 e. The Hall–Kier alpha value is -0.960. The third kappa shape index (κ3) is 2.40. The van der Waals surface area contributed by atoms with Crippen LogP contribution in [0.25, 0.3) is 10.2 Å². The van der Waals surface area contributed by atoms with Gasteiger partial charge in [-0.2, -0.15) is 0 Å². The summed E-state index contributed by atoms with van der Waals surface area (Å²) in [6, 6.07) is 3.75. The van der Waals surface area contributed by atoms with Gasteiger partial charge in [-0.3, -0.25) is 0 Å². The van der Waals surface area contributed by atoms with Crippen molar-refractivity contribution < 1.29 is 4.39 Å². The fraction of sp³-hybridized carbons (Fsp3) is 0.462. The van der Waals surface area contributed by atoms with E-state index in [-0.39, 0.29) is 5.82 Å². The summed E-state index contributed by atoms with van der Waals surface area (Å²) in [5.74, 6) is 0.192. The molecule has 0 saturated heterocycles. The first-order chi connectivity index (χ1) is 7.59. The van der Waals surface area contributed by atoms with Gasteiger partial charge in [-0.15, -0.1) is 11.3 Å². The zero-order valence-corrected chi connectivity index (χ0v) is 11.3. The van der Waals surface area contributed by atoms with Crippen molar-refractivity contribution in [3.63, 3.8) is 0 Å². The van der Waals surface area contributed by atoms with E-state index >= 15 is 0 Å². The topological polar surface area (TPSA) is 12.9 Å². The van der Waals surface area contributed by atoms with Gasteiger partial charge in [-0.05, 0) is 18.6 Å². The second-order valence-electron chi connectivity index (χ2n) is 3.75. The summed E-state index contributed by atoms with van der Waals surface area (Å²) in [4.78, 5) is 4.32. The molecule has 0 radical (unpaired) electrons. The van der Waals surface area contributed by atoms with Crippen LogP contribution in [-0.2, 0) is 0 Å². The van der Waals surface area contributed by atoms with Gasteiger partial charge in [0.2, 0.25) is 0 Å². The first kappa shape index (κ1) is 13.1. The van der Waals surface area contributed by atoms with E-state index in [0.29, 0.717) is 17.0 Å². The Bertz CT molecular complexity index is 474. The Labute approximate surface area is 100 Å². The lowest BCUT2D eigenvalue weighted by molar-refractivity contribution is 0.627. The average Bonchev–Trinajstić information content (AvgIpc) is 2.71. The van der Waals surface area contributed by atoms with E-state index in [0.717, 1.165) is 9.71 Å². The number of hydrogen-bond donors (Lipinski definition) is 0. The molecule has 0 atom stereocenters. The van der Waals surface area contributed by atoms with Crippen LogP contribution in [0, 0.1) is 12.7 Å². The number of aromatic nitrogens is 1. The van der Waals surface area contributed by atoms with Crippen molar-refractivity contribution >= 4 is 21.6 Å². The third-order valence-electron chi connectivity index (χ3n) is 2.20. The van der Waals surface area contributed by atoms with E-state index in [4.69, 9.17) is 0 Å². The van der Waals surface area contributed by atoms with Crippen LogP contribution >= 0.6 is 11.3 Å². The molecule has 3 heteroatoms. The molecule has 2 rings (SSSR count). The number of rotatable bonds is 1. The van der Waals surface area contributed by atoms with Crippen LogP contribution in [0.3, 0.4) is 0 Å². The number of fused-ring (bicyclic) bond motifs is 1. The van der Waals surface area contributed by atoms with Crippen molar-refractivity contribution in [3.8, 4) is 0 Å². The first-order valence-corrected chi connectivity index (χ1v) is 6.46. The average molecular weight is 239 g/mol. The molecule has 0 spiro atoms. The number of aryl methyl sites for hydroxylation is 1. The fourth-order valence-corrected chi connectivity index (χ4v) is 2.29. The Balaban J connectivity index is 0.000000606. The lowest BCUT2D eigenvalue weighted by Crippen LogP contribution is -1.86. The van der Waals surface area contributed by atoms with Gasteiger partial charge in [-0.1, -0.05) is 33.8 Å². The SMILES string of the molecule is CC.Cc1ccc2sc(C(C)C)nc2c1F. The maximum Gasteiger partial charge on any atom is 0.153 e. The fourth-order valence-electron chi connectivity index (χ4n) is 1.33. The van der Waals surface area contributed by atoms with Gasteiger partial charge in [-0.25, -0.2) is 9.37 Å². The highest BCUT2D eigenvalue weighted by molar-refractivity contribution is 7.18. The number of thiazole rings is 1. The summed E-state index contributed by atoms with van der Waals surface area (Å²) in [6.07, 6.45) is 0. The summed E-state index contributed by atoms with van der Waals surface area (Å²) in [7, 11) is 0. The molecule has 1 nitrogen and oxygen atoms in total. The van der Waals surface area contributed by atoms with Crippen LogP contribution < -0.4 is 0 Å². The van der Waals surface area contributed by atoms with Crippen molar-refractivity contribution in [2.24, 2.45) is 0 Å². The third-order valence-corrected chi connectivity index (χ3v) is 3.52. The molecule has 88 valence electrons. The summed E-state index contributed by atoms with van der Waals surface area (Å²) in [5, 5.41) is 1.00. The van der Waals surface area contributed by atoms with Gasteiger partial charge in [0.25, 0.3) is 0 Å². The monoisotopic (exact) mass is 239 g/mol. The summed E-state index contributed by atoms with van der Waals surface area (Å²) in [5.41, 5.74) is 1.19. The predicted molar refractivity (Wildman–Crippen MR) is 69.8 cm³/mol. The maximum atomic E-state index is 13.6. The molecule has 1 aromatic heterocycles. The molecule has 0 N–H and O–H groups in total. The molecule has 0 fully saturated rings. The van der Waals surface area contributed by atoms with Crippen molar-refractivity contribution in [2.75, 3.05) is 0 Å². The van der Waals surface area contributed by atoms with E-state index in [9.17, 15) is 4.39 Å². The molecule has 16 heavy (non-hydrogen) atoms. The highest BCUT2D eigenvalue weighted by Gasteiger charge is 2.11. The Morgan fingerprint density at radius 1 is 1.25 bits per heavy atom. The number of halogens is 1. The molecule has 0 bridgehead atoms. The highest BCUT2D eigenvalue weighted by Crippen LogP contribution is 2.29. The predicted octanol–water partition coefficient (Wildman–Crippen LogP) is 4.89. The van der Waals surface area contributed by atoms with E-state index in [1.165, 1.54) is 0 Å². The lowest BCUT2D eigenvalue weighted by Gasteiger charge is -1.95. The second-order valence-corrected chi connectivity index (χ2v) is 4.81. The molecular weight excluding hydrogens is 221 g/mol. The molecule has 0 amide bonds. The maximum absolute atomic E-state index is 13.6. The van der Waals surface area contributed by atoms with Crippen molar-refractivity contribution in [1.29, 1.82) is 0 Å². The first-order valence-electron chi connectivity index (χ1n) is 5.65. The smallest absolute Gasteiger partial charge is 0.153 e. The normalized spacial score (nSPS) is 10.4. The van der Waals surface area contributed by atoms with Crippen molar-refractivity contribution in [3.05, 3.63) is 28.5 Å². The van der Waals surface area contributed by atoms with Crippen LogP contribution in [0.1, 0.15) is 44.2 Å². The van der Waals surface area contributed by atoms with Crippen LogP contribution in [0.4, 0.5) is 4.39 Å². The van der Waals surface area contributed by atoms with Gasteiger partial charge in [0.15, 0.2) is 5.82 Å². The van der Waals surface area contributed by atoms with Crippen molar-refractivity contribution in [2.45, 2.75) is 40.5 Å². The zero-order chi connectivity index (χ0) is 12.3. The van der Waals surface area contributed by atoms with Gasteiger partial charge < -0.3 is 0 Å². The molecule has 0 aliphatic heterocycles. The summed E-state index contributed by atoms with van der Waals surface area (Å²) < 4.78 is 14.6.